The number of fused-ring (bicyclic) bond motifs is 1. The molecule has 0 aromatic carbocycles. The third-order valence-electron chi connectivity index (χ3n) is 3.50. The number of rotatable bonds is 2. The van der Waals surface area contributed by atoms with Crippen molar-refractivity contribution < 1.29 is 13.2 Å². The lowest BCUT2D eigenvalue weighted by Crippen LogP contribution is -2.17. The zero-order chi connectivity index (χ0) is 15.0. The fourth-order valence-electron chi connectivity index (χ4n) is 2.55. The van der Waals surface area contributed by atoms with Crippen LogP contribution < -0.4 is 5.32 Å². The van der Waals surface area contributed by atoms with Gasteiger partial charge in [-0.25, -0.2) is 4.98 Å². The third kappa shape index (κ3) is 3.16. The Labute approximate surface area is 129 Å². The summed E-state index contributed by atoms with van der Waals surface area (Å²) in [4.78, 5) is 5.25. The average Bonchev–Trinajstić information content (AvgIpc) is 2.86. The summed E-state index contributed by atoms with van der Waals surface area (Å²) in [6, 6.07) is 3.86. The van der Waals surface area contributed by atoms with Crippen LogP contribution in [-0.4, -0.2) is 4.98 Å². The van der Waals surface area contributed by atoms with E-state index in [1.807, 2.05) is 11.4 Å². The molecule has 2 aromatic heterocycles. The number of pyridine rings is 1. The van der Waals surface area contributed by atoms with Crippen LogP contribution in [0.2, 0.25) is 5.15 Å². The Morgan fingerprint density at radius 1 is 1.33 bits per heavy atom. The second-order valence-electron chi connectivity index (χ2n) is 4.95. The molecule has 0 spiro atoms. The number of nitrogens with one attached hydrogen (secondary N) is 1. The number of alkyl halides is 3. The summed E-state index contributed by atoms with van der Waals surface area (Å²) in [7, 11) is 0. The van der Waals surface area contributed by atoms with Gasteiger partial charge in [0.15, 0.2) is 0 Å². The number of thiophene rings is 1. The van der Waals surface area contributed by atoms with Gasteiger partial charge < -0.3 is 5.32 Å². The lowest BCUT2D eigenvalue weighted by atomic mass is 9.94. The van der Waals surface area contributed by atoms with E-state index in [0.29, 0.717) is 0 Å². The van der Waals surface area contributed by atoms with E-state index in [1.165, 1.54) is 4.88 Å². The fraction of sp³-hybridized carbons (Fsp3) is 0.357. The fourth-order valence-corrected chi connectivity index (χ4v) is 3.75. The van der Waals surface area contributed by atoms with Gasteiger partial charge in [0.25, 0.3) is 0 Å². The highest BCUT2D eigenvalue weighted by Gasteiger charge is 2.32. The molecule has 1 aliphatic carbocycles. The van der Waals surface area contributed by atoms with Crippen molar-refractivity contribution in [1.82, 2.24) is 4.98 Å². The molecule has 0 fully saturated rings. The molecule has 2 nitrogen and oxygen atoms in total. The quantitative estimate of drug-likeness (QED) is 0.754. The molecular weight excluding hydrogens is 321 g/mol. The van der Waals surface area contributed by atoms with Crippen molar-refractivity contribution >= 4 is 28.8 Å². The van der Waals surface area contributed by atoms with Crippen molar-refractivity contribution in [3.8, 4) is 0 Å². The highest BCUT2D eigenvalue weighted by atomic mass is 35.5. The molecule has 1 aliphatic rings. The third-order valence-corrected chi connectivity index (χ3v) is 4.69. The average molecular weight is 333 g/mol. The monoisotopic (exact) mass is 332 g/mol. The molecule has 0 saturated heterocycles. The summed E-state index contributed by atoms with van der Waals surface area (Å²) < 4.78 is 38.4. The molecule has 3 rings (SSSR count). The molecule has 0 bridgehead atoms. The van der Waals surface area contributed by atoms with Gasteiger partial charge in [0.05, 0.1) is 11.6 Å². The molecule has 21 heavy (non-hydrogen) atoms. The first kappa shape index (κ1) is 14.7. The van der Waals surface area contributed by atoms with Crippen LogP contribution in [0.3, 0.4) is 0 Å². The van der Waals surface area contributed by atoms with Crippen molar-refractivity contribution in [1.29, 1.82) is 0 Å². The molecule has 7 heteroatoms. The lowest BCUT2D eigenvalue weighted by molar-refractivity contribution is -0.137. The van der Waals surface area contributed by atoms with Crippen LogP contribution in [-0.2, 0) is 12.6 Å². The number of anilines is 1. The van der Waals surface area contributed by atoms with E-state index < -0.39 is 11.7 Å². The second kappa shape index (κ2) is 5.50. The Hall–Kier alpha value is -1.27. The Kier molecular flexibility index (Phi) is 3.84. The van der Waals surface area contributed by atoms with Crippen molar-refractivity contribution in [3.63, 3.8) is 0 Å². The van der Waals surface area contributed by atoms with Crippen LogP contribution >= 0.6 is 22.9 Å². The molecule has 2 aromatic rings. The van der Waals surface area contributed by atoms with E-state index in [1.54, 1.807) is 11.3 Å². The largest absolute Gasteiger partial charge is 0.416 e. The maximum Gasteiger partial charge on any atom is 0.416 e. The van der Waals surface area contributed by atoms with Gasteiger partial charge in [0, 0.05) is 4.88 Å². The molecular formula is C14H12ClF3N2S. The molecule has 0 aliphatic heterocycles. The first-order chi connectivity index (χ1) is 9.93. The van der Waals surface area contributed by atoms with Crippen molar-refractivity contribution in [2.75, 3.05) is 5.32 Å². The van der Waals surface area contributed by atoms with E-state index in [2.05, 4.69) is 10.3 Å². The van der Waals surface area contributed by atoms with Gasteiger partial charge in [-0.1, -0.05) is 11.6 Å². The van der Waals surface area contributed by atoms with Crippen LogP contribution in [0.15, 0.2) is 23.6 Å². The van der Waals surface area contributed by atoms with Crippen LogP contribution in [0.4, 0.5) is 19.0 Å². The van der Waals surface area contributed by atoms with E-state index in [9.17, 15) is 13.2 Å². The van der Waals surface area contributed by atoms with Crippen molar-refractivity contribution in [2.45, 2.75) is 31.5 Å². The maximum absolute atomic E-state index is 12.8. The van der Waals surface area contributed by atoms with Crippen LogP contribution in [0, 0.1) is 0 Å². The predicted octanol–water partition coefficient (Wildman–Crippen LogP) is 5.30. The maximum atomic E-state index is 12.8. The number of nitrogens with zero attached hydrogens (tertiary/aromatic N) is 1. The standard InChI is InChI=1S/C14H12ClF3N2S/c15-12-6-8(14(16,17)18)7-13(20-12)19-10-2-1-3-11-9(10)4-5-21-11/h4-7,10H,1-3H2,(H,19,20). The Balaban J connectivity index is 1.88. The minimum Gasteiger partial charge on any atom is -0.363 e. The van der Waals surface area contributed by atoms with Crippen LogP contribution in [0.1, 0.15) is 34.9 Å². The Bertz CT molecular complexity index is 654. The summed E-state index contributed by atoms with van der Waals surface area (Å²) in [6.07, 6.45) is -1.51. The summed E-state index contributed by atoms with van der Waals surface area (Å²) in [5.74, 6) is 0.166. The SMILES string of the molecule is FC(F)(F)c1cc(Cl)nc(NC2CCCc3sccc32)c1. The summed E-state index contributed by atoms with van der Waals surface area (Å²) in [5.41, 5.74) is 0.368. The molecule has 0 amide bonds. The minimum atomic E-state index is -4.43. The molecule has 0 saturated carbocycles. The van der Waals surface area contributed by atoms with Gasteiger partial charge in [-0.2, -0.15) is 13.2 Å². The highest BCUT2D eigenvalue weighted by Crippen LogP contribution is 2.37. The zero-order valence-electron chi connectivity index (χ0n) is 10.9. The topological polar surface area (TPSA) is 24.9 Å². The first-order valence-corrected chi connectivity index (χ1v) is 7.77. The van der Waals surface area contributed by atoms with Gasteiger partial charge >= 0.3 is 6.18 Å². The first-order valence-electron chi connectivity index (χ1n) is 6.51. The predicted molar refractivity (Wildman–Crippen MR) is 77.9 cm³/mol. The van der Waals surface area contributed by atoms with Gasteiger partial charge in [-0.3, -0.25) is 0 Å². The number of aromatic nitrogens is 1. The van der Waals surface area contributed by atoms with Gasteiger partial charge in [-0.05, 0) is 48.4 Å². The number of halogens is 4. The zero-order valence-corrected chi connectivity index (χ0v) is 12.4. The normalized spacial score (nSPS) is 18.4. The van der Waals surface area contributed by atoms with Crippen LogP contribution in [0.5, 0.6) is 0 Å². The molecule has 2 heterocycles. The van der Waals surface area contributed by atoms with Crippen molar-refractivity contribution in [2.24, 2.45) is 0 Å². The van der Waals surface area contributed by atoms with E-state index >= 15 is 0 Å². The molecule has 0 radical (unpaired) electrons. The van der Waals surface area contributed by atoms with E-state index in [0.717, 1.165) is 37.0 Å². The molecule has 1 N–H and O–H groups in total. The minimum absolute atomic E-state index is 0.00736. The molecule has 1 atom stereocenters. The smallest absolute Gasteiger partial charge is 0.363 e. The van der Waals surface area contributed by atoms with Crippen molar-refractivity contribution in [3.05, 3.63) is 44.7 Å². The van der Waals surface area contributed by atoms with Crippen LogP contribution in [0.25, 0.3) is 0 Å². The van der Waals surface area contributed by atoms with Gasteiger partial charge in [-0.15, -0.1) is 11.3 Å². The summed E-state index contributed by atoms with van der Waals surface area (Å²) in [5, 5.41) is 4.94. The number of hydrogen-bond acceptors (Lipinski definition) is 3. The van der Waals surface area contributed by atoms with Gasteiger partial charge in [0.2, 0.25) is 0 Å². The summed E-state index contributed by atoms with van der Waals surface area (Å²) in [6.45, 7) is 0. The number of aryl methyl sites for hydroxylation is 1. The highest BCUT2D eigenvalue weighted by molar-refractivity contribution is 7.10. The second-order valence-corrected chi connectivity index (χ2v) is 6.34. The Morgan fingerprint density at radius 2 is 2.14 bits per heavy atom. The van der Waals surface area contributed by atoms with E-state index in [4.69, 9.17) is 11.6 Å². The molecule has 1 unspecified atom stereocenters. The summed E-state index contributed by atoms with van der Waals surface area (Å²) >= 11 is 7.39. The lowest BCUT2D eigenvalue weighted by Gasteiger charge is -2.24. The van der Waals surface area contributed by atoms with E-state index in [-0.39, 0.29) is 17.0 Å². The molecule has 112 valence electrons. The Morgan fingerprint density at radius 3 is 2.90 bits per heavy atom. The number of hydrogen-bond donors (Lipinski definition) is 1. The van der Waals surface area contributed by atoms with Gasteiger partial charge in [0.1, 0.15) is 11.0 Å².